The van der Waals surface area contributed by atoms with E-state index in [1.165, 1.54) is 16.2 Å². The van der Waals surface area contributed by atoms with Crippen LogP contribution in [-0.2, 0) is 6.54 Å². The van der Waals surface area contributed by atoms with Crippen molar-refractivity contribution < 1.29 is 13.2 Å². The number of alkyl halides is 3. The molecule has 0 amide bonds. The topological polar surface area (TPSA) is 28.2 Å². The molecule has 1 aliphatic carbocycles. The molecule has 1 aromatic rings. The zero-order valence-electron chi connectivity index (χ0n) is 11.8. The number of rotatable bonds is 7. The number of thiazole rings is 1. The van der Waals surface area contributed by atoms with Crippen molar-refractivity contribution in [3.63, 3.8) is 0 Å². The molecule has 1 N–H and O–H groups in total. The minimum Gasteiger partial charge on any atom is -0.336 e. The smallest absolute Gasteiger partial charge is 0.336 e. The van der Waals surface area contributed by atoms with Gasteiger partial charge in [0.05, 0.1) is 5.69 Å². The van der Waals surface area contributed by atoms with Crippen LogP contribution in [0.5, 0.6) is 0 Å². The van der Waals surface area contributed by atoms with Crippen LogP contribution in [0.4, 0.5) is 18.3 Å². The second kappa shape index (κ2) is 6.30. The Morgan fingerprint density at radius 3 is 2.65 bits per heavy atom. The van der Waals surface area contributed by atoms with E-state index in [4.69, 9.17) is 0 Å². The largest absolute Gasteiger partial charge is 0.406 e. The first-order valence-corrected chi connectivity index (χ1v) is 7.72. The van der Waals surface area contributed by atoms with Crippen molar-refractivity contribution in [3.8, 4) is 0 Å². The normalized spacial score (nSPS) is 15.7. The molecule has 114 valence electrons. The summed E-state index contributed by atoms with van der Waals surface area (Å²) in [5, 5.41) is 3.78. The molecular formula is C13H20F3N3S. The van der Waals surface area contributed by atoms with E-state index in [-0.39, 0.29) is 6.04 Å². The second-order valence-electron chi connectivity index (χ2n) is 5.16. The van der Waals surface area contributed by atoms with Gasteiger partial charge in [-0.25, -0.2) is 4.98 Å². The van der Waals surface area contributed by atoms with Crippen molar-refractivity contribution in [1.29, 1.82) is 0 Å². The van der Waals surface area contributed by atoms with Gasteiger partial charge in [0.15, 0.2) is 5.13 Å². The van der Waals surface area contributed by atoms with Gasteiger partial charge in [-0.2, -0.15) is 13.2 Å². The van der Waals surface area contributed by atoms with E-state index in [0.717, 1.165) is 36.4 Å². The maximum absolute atomic E-state index is 12.7. The van der Waals surface area contributed by atoms with Crippen molar-refractivity contribution in [2.24, 2.45) is 0 Å². The average Bonchev–Trinajstić information content (AvgIpc) is 3.11. The Bertz CT molecular complexity index is 441. The van der Waals surface area contributed by atoms with Gasteiger partial charge in [-0.15, -0.1) is 11.3 Å². The maximum Gasteiger partial charge on any atom is 0.406 e. The molecule has 1 aromatic heterocycles. The van der Waals surface area contributed by atoms with Crippen LogP contribution in [0.3, 0.4) is 0 Å². The lowest BCUT2D eigenvalue weighted by atomic mass is 10.4. The van der Waals surface area contributed by atoms with E-state index in [1.807, 2.05) is 6.92 Å². The van der Waals surface area contributed by atoms with Crippen LogP contribution in [0.25, 0.3) is 0 Å². The van der Waals surface area contributed by atoms with Gasteiger partial charge in [0.1, 0.15) is 6.54 Å². The molecule has 0 saturated heterocycles. The van der Waals surface area contributed by atoms with Crippen LogP contribution < -0.4 is 10.2 Å². The summed E-state index contributed by atoms with van der Waals surface area (Å²) in [6.45, 7) is 4.63. The molecule has 0 spiro atoms. The van der Waals surface area contributed by atoms with Crippen molar-refractivity contribution in [2.45, 2.75) is 51.9 Å². The summed E-state index contributed by atoms with van der Waals surface area (Å²) < 4.78 is 38.0. The monoisotopic (exact) mass is 307 g/mol. The quantitative estimate of drug-likeness (QED) is 0.782. The van der Waals surface area contributed by atoms with Gasteiger partial charge in [-0.3, -0.25) is 0 Å². The second-order valence-corrected chi connectivity index (χ2v) is 6.22. The molecule has 20 heavy (non-hydrogen) atoms. The molecule has 0 radical (unpaired) electrons. The Morgan fingerprint density at radius 1 is 1.40 bits per heavy atom. The Labute approximate surface area is 121 Å². The Hall–Kier alpha value is -0.820. The van der Waals surface area contributed by atoms with Gasteiger partial charge >= 0.3 is 6.18 Å². The minimum absolute atomic E-state index is 0.0126. The van der Waals surface area contributed by atoms with Crippen molar-refractivity contribution in [3.05, 3.63) is 10.6 Å². The molecule has 3 nitrogen and oxygen atoms in total. The molecular weight excluding hydrogens is 287 g/mol. The third-order valence-electron chi connectivity index (χ3n) is 3.18. The van der Waals surface area contributed by atoms with E-state index in [0.29, 0.717) is 11.7 Å². The highest BCUT2D eigenvalue weighted by atomic mass is 32.1. The van der Waals surface area contributed by atoms with Gasteiger partial charge < -0.3 is 10.2 Å². The predicted molar refractivity (Wildman–Crippen MR) is 75.3 cm³/mol. The molecule has 1 aliphatic rings. The van der Waals surface area contributed by atoms with Crippen LogP contribution in [0, 0.1) is 6.92 Å². The number of nitrogens with one attached hydrogen (secondary N) is 1. The highest BCUT2D eigenvalue weighted by molar-refractivity contribution is 7.15. The van der Waals surface area contributed by atoms with Gasteiger partial charge in [-0.05, 0) is 32.7 Å². The van der Waals surface area contributed by atoms with Crippen LogP contribution in [0.2, 0.25) is 0 Å². The molecule has 1 saturated carbocycles. The fourth-order valence-corrected chi connectivity index (χ4v) is 3.11. The number of anilines is 1. The number of aromatic nitrogens is 1. The van der Waals surface area contributed by atoms with Crippen LogP contribution >= 0.6 is 11.3 Å². The minimum atomic E-state index is -4.18. The highest BCUT2D eigenvalue weighted by Gasteiger charge is 2.39. The fourth-order valence-electron chi connectivity index (χ4n) is 2.01. The summed E-state index contributed by atoms with van der Waals surface area (Å²) in [4.78, 5) is 6.79. The van der Waals surface area contributed by atoms with Gasteiger partial charge in [0, 0.05) is 17.5 Å². The summed E-state index contributed by atoms with van der Waals surface area (Å²) in [7, 11) is 0. The summed E-state index contributed by atoms with van der Waals surface area (Å²) in [5.41, 5.74) is 0.835. The Morgan fingerprint density at radius 2 is 2.10 bits per heavy atom. The number of aryl methyl sites for hydroxylation is 1. The highest BCUT2D eigenvalue weighted by Crippen LogP contribution is 2.37. The van der Waals surface area contributed by atoms with Crippen molar-refractivity contribution in [2.75, 3.05) is 18.0 Å². The molecule has 7 heteroatoms. The Kier molecular flexibility index (Phi) is 4.90. The number of hydrogen-bond donors (Lipinski definition) is 1. The summed E-state index contributed by atoms with van der Waals surface area (Å²) >= 11 is 1.38. The van der Waals surface area contributed by atoms with Crippen LogP contribution in [0.15, 0.2) is 0 Å². The SMILES string of the molecule is CCCNCc1sc(N(CC(F)(F)F)C2CC2)nc1C. The first-order valence-electron chi connectivity index (χ1n) is 6.91. The third kappa shape index (κ3) is 4.34. The summed E-state index contributed by atoms with van der Waals surface area (Å²) in [5.74, 6) is 0. The first kappa shape index (κ1) is 15.6. The number of hydrogen-bond acceptors (Lipinski definition) is 4. The van der Waals surface area contributed by atoms with E-state index in [1.54, 1.807) is 0 Å². The maximum atomic E-state index is 12.7. The summed E-state index contributed by atoms with van der Waals surface area (Å²) in [6, 6.07) is 0.0126. The van der Waals surface area contributed by atoms with Crippen LogP contribution in [-0.4, -0.2) is 30.3 Å². The lowest BCUT2D eigenvalue weighted by molar-refractivity contribution is -0.120. The predicted octanol–water partition coefficient (Wildman–Crippen LogP) is 3.48. The zero-order chi connectivity index (χ0) is 14.8. The molecule has 1 fully saturated rings. The zero-order valence-corrected chi connectivity index (χ0v) is 12.6. The number of nitrogens with zero attached hydrogens (tertiary/aromatic N) is 2. The molecule has 1 heterocycles. The van der Waals surface area contributed by atoms with E-state index in [9.17, 15) is 13.2 Å². The van der Waals surface area contributed by atoms with Crippen LogP contribution in [0.1, 0.15) is 36.8 Å². The molecule has 0 atom stereocenters. The van der Waals surface area contributed by atoms with E-state index >= 15 is 0 Å². The summed E-state index contributed by atoms with van der Waals surface area (Å²) in [6.07, 6.45) is -1.48. The van der Waals surface area contributed by atoms with Crippen molar-refractivity contribution in [1.82, 2.24) is 10.3 Å². The molecule has 0 aliphatic heterocycles. The third-order valence-corrected chi connectivity index (χ3v) is 4.37. The average molecular weight is 307 g/mol. The lowest BCUT2D eigenvalue weighted by Gasteiger charge is -2.22. The van der Waals surface area contributed by atoms with Gasteiger partial charge in [-0.1, -0.05) is 6.92 Å². The molecule has 0 bridgehead atoms. The standard InChI is InChI=1S/C13H20F3N3S/c1-3-6-17-7-11-9(2)18-12(20-11)19(10-4-5-10)8-13(14,15)16/h10,17H,3-8H2,1-2H3. The van der Waals surface area contributed by atoms with Gasteiger partial charge in [0.2, 0.25) is 0 Å². The lowest BCUT2D eigenvalue weighted by Crippen LogP contribution is -2.35. The molecule has 0 aromatic carbocycles. The molecule has 0 unspecified atom stereocenters. The van der Waals surface area contributed by atoms with E-state index < -0.39 is 12.7 Å². The Balaban J connectivity index is 2.07. The van der Waals surface area contributed by atoms with Crippen molar-refractivity contribution >= 4 is 16.5 Å². The molecule has 2 rings (SSSR count). The first-order chi connectivity index (χ1) is 9.40. The number of halogens is 3. The fraction of sp³-hybridized carbons (Fsp3) is 0.769. The van der Waals surface area contributed by atoms with E-state index in [2.05, 4.69) is 17.2 Å². The van der Waals surface area contributed by atoms with Gasteiger partial charge in [0.25, 0.3) is 0 Å².